The molecule has 0 N–H and O–H groups in total. The number of ether oxygens (including phenoxy) is 1. The molecule has 0 bridgehead atoms. The SMILES string of the molecule is CCOC(=O)N1CCN(C)C(C)(C)C1. The summed E-state index contributed by atoms with van der Waals surface area (Å²) in [5.41, 5.74) is 0.0466. The van der Waals surface area contributed by atoms with E-state index >= 15 is 0 Å². The lowest BCUT2D eigenvalue weighted by molar-refractivity contribution is 0.0295. The van der Waals surface area contributed by atoms with Gasteiger partial charge in [-0.15, -0.1) is 0 Å². The Hall–Kier alpha value is -0.770. The van der Waals surface area contributed by atoms with E-state index in [1.54, 1.807) is 4.90 Å². The highest BCUT2D eigenvalue weighted by Crippen LogP contribution is 2.19. The zero-order chi connectivity index (χ0) is 10.8. The standard InChI is InChI=1S/C10H20N2O2/c1-5-14-9(13)12-7-6-11(4)10(2,3)8-12/h5-8H2,1-4H3. The van der Waals surface area contributed by atoms with E-state index < -0.39 is 0 Å². The minimum absolute atomic E-state index is 0.0466. The molecular formula is C10H20N2O2. The Morgan fingerprint density at radius 1 is 1.43 bits per heavy atom. The molecule has 1 fully saturated rings. The van der Waals surface area contributed by atoms with Gasteiger partial charge in [0.05, 0.1) is 6.61 Å². The Morgan fingerprint density at radius 2 is 2.07 bits per heavy atom. The van der Waals surface area contributed by atoms with Crippen LogP contribution in [0.2, 0.25) is 0 Å². The van der Waals surface area contributed by atoms with Crippen molar-refractivity contribution >= 4 is 6.09 Å². The molecule has 0 aromatic carbocycles. The molecule has 1 aliphatic rings. The second-order valence-electron chi connectivity index (χ2n) is 4.35. The highest BCUT2D eigenvalue weighted by Gasteiger charge is 2.33. The smallest absolute Gasteiger partial charge is 0.409 e. The van der Waals surface area contributed by atoms with Crippen LogP contribution in [0.4, 0.5) is 4.79 Å². The number of amides is 1. The molecule has 4 heteroatoms. The van der Waals surface area contributed by atoms with Crippen LogP contribution in [0, 0.1) is 0 Å². The van der Waals surface area contributed by atoms with E-state index in [1.807, 2.05) is 6.92 Å². The topological polar surface area (TPSA) is 32.8 Å². The molecule has 1 saturated heterocycles. The first-order valence-electron chi connectivity index (χ1n) is 5.10. The Kier molecular flexibility index (Phi) is 3.37. The van der Waals surface area contributed by atoms with Gasteiger partial charge in [-0.1, -0.05) is 0 Å². The lowest BCUT2D eigenvalue weighted by Gasteiger charge is -2.44. The molecule has 0 saturated carbocycles. The minimum Gasteiger partial charge on any atom is -0.450 e. The van der Waals surface area contributed by atoms with E-state index in [9.17, 15) is 4.79 Å². The van der Waals surface area contributed by atoms with Crippen molar-refractivity contribution in [2.45, 2.75) is 26.3 Å². The molecule has 0 aromatic heterocycles. The molecule has 14 heavy (non-hydrogen) atoms. The Balaban J connectivity index is 2.55. The molecule has 1 rings (SSSR count). The molecule has 0 radical (unpaired) electrons. The van der Waals surface area contributed by atoms with Crippen molar-refractivity contribution in [3.8, 4) is 0 Å². The van der Waals surface area contributed by atoms with Crippen molar-refractivity contribution in [1.29, 1.82) is 0 Å². The van der Waals surface area contributed by atoms with Gasteiger partial charge in [0.2, 0.25) is 0 Å². The molecular weight excluding hydrogens is 180 g/mol. The van der Waals surface area contributed by atoms with Crippen molar-refractivity contribution in [1.82, 2.24) is 9.80 Å². The molecule has 0 atom stereocenters. The van der Waals surface area contributed by atoms with Gasteiger partial charge in [-0.3, -0.25) is 4.90 Å². The van der Waals surface area contributed by atoms with Gasteiger partial charge in [0, 0.05) is 25.2 Å². The van der Waals surface area contributed by atoms with Gasteiger partial charge in [-0.25, -0.2) is 4.79 Å². The number of carbonyl (C=O) groups is 1. The van der Waals surface area contributed by atoms with Crippen LogP contribution in [0.1, 0.15) is 20.8 Å². The van der Waals surface area contributed by atoms with Gasteiger partial charge in [-0.05, 0) is 27.8 Å². The van der Waals surface area contributed by atoms with Gasteiger partial charge in [0.25, 0.3) is 0 Å². The molecule has 1 heterocycles. The number of nitrogens with zero attached hydrogens (tertiary/aromatic N) is 2. The molecule has 82 valence electrons. The summed E-state index contributed by atoms with van der Waals surface area (Å²) in [4.78, 5) is 15.5. The van der Waals surface area contributed by atoms with Crippen molar-refractivity contribution in [2.24, 2.45) is 0 Å². The number of likely N-dealkylation sites (N-methyl/N-ethyl adjacent to an activating group) is 1. The molecule has 1 amide bonds. The van der Waals surface area contributed by atoms with Crippen LogP contribution in [-0.4, -0.2) is 54.7 Å². The maximum atomic E-state index is 11.5. The number of hydrogen-bond acceptors (Lipinski definition) is 3. The second kappa shape index (κ2) is 4.17. The molecule has 0 spiro atoms. The fourth-order valence-corrected chi connectivity index (χ4v) is 1.61. The Morgan fingerprint density at radius 3 is 2.57 bits per heavy atom. The predicted octanol–water partition coefficient (Wildman–Crippen LogP) is 1.17. The third-order valence-electron chi connectivity index (χ3n) is 2.84. The summed E-state index contributed by atoms with van der Waals surface area (Å²) in [7, 11) is 2.09. The van der Waals surface area contributed by atoms with Gasteiger partial charge in [-0.2, -0.15) is 0 Å². The van der Waals surface area contributed by atoms with Crippen LogP contribution in [-0.2, 0) is 4.74 Å². The number of rotatable bonds is 1. The van der Waals surface area contributed by atoms with E-state index in [0.29, 0.717) is 6.61 Å². The normalized spacial score (nSPS) is 22.1. The van der Waals surface area contributed by atoms with E-state index in [2.05, 4.69) is 25.8 Å². The van der Waals surface area contributed by atoms with Crippen molar-refractivity contribution in [3.05, 3.63) is 0 Å². The first-order valence-corrected chi connectivity index (χ1v) is 5.10. The summed E-state index contributed by atoms with van der Waals surface area (Å²) >= 11 is 0. The summed E-state index contributed by atoms with van der Waals surface area (Å²) in [5, 5.41) is 0. The first kappa shape index (κ1) is 11.3. The molecule has 0 unspecified atom stereocenters. The quantitative estimate of drug-likeness (QED) is 0.637. The molecule has 1 aliphatic heterocycles. The summed E-state index contributed by atoms with van der Waals surface area (Å²) in [6.45, 7) is 8.97. The zero-order valence-electron chi connectivity index (χ0n) is 9.54. The van der Waals surface area contributed by atoms with Gasteiger partial charge in [0.15, 0.2) is 0 Å². The average Bonchev–Trinajstić information content (AvgIpc) is 2.10. The summed E-state index contributed by atoms with van der Waals surface area (Å²) in [5.74, 6) is 0. The van der Waals surface area contributed by atoms with Crippen LogP contribution in [0.15, 0.2) is 0 Å². The Bertz CT molecular complexity index is 216. The second-order valence-corrected chi connectivity index (χ2v) is 4.35. The first-order chi connectivity index (χ1) is 6.47. The maximum Gasteiger partial charge on any atom is 0.409 e. The highest BCUT2D eigenvalue weighted by atomic mass is 16.6. The van der Waals surface area contributed by atoms with Crippen molar-refractivity contribution in [2.75, 3.05) is 33.3 Å². The average molecular weight is 200 g/mol. The number of carbonyl (C=O) groups excluding carboxylic acids is 1. The lowest BCUT2D eigenvalue weighted by Crippen LogP contribution is -2.58. The fourth-order valence-electron chi connectivity index (χ4n) is 1.61. The van der Waals surface area contributed by atoms with Crippen LogP contribution in [0.3, 0.4) is 0 Å². The monoisotopic (exact) mass is 200 g/mol. The van der Waals surface area contributed by atoms with Crippen LogP contribution in [0.25, 0.3) is 0 Å². The van der Waals surface area contributed by atoms with Gasteiger partial charge in [0.1, 0.15) is 0 Å². The summed E-state index contributed by atoms with van der Waals surface area (Å²) < 4.78 is 4.98. The predicted molar refractivity (Wildman–Crippen MR) is 55.3 cm³/mol. The van der Waals surface area contributed by atoms with E-state index in [1.165, 1.54) is 0 Å². The third kappa shape index (κ3) is 2.38. The van der Waals surface area contributed by atoms with E-state index in [0.717, 1.165) is 19.6 Å². The molecule has 0 aliphatic carbocycles. The van der Waals surface area contributed by atoms with Crippen LogP contribution < -0.4 is 0 Å². The highest BCUT2D eigenvalue weighted by molar-refractivity contribution is 5.67. The van der Waals surface area contributed by atoms with Crippen molar-refractivity contribution in [3.63, 3.8) is 0 Å². The van der Waals surface area contributed by atoms with Crippen LogP contribution in [0.5, 0.6) is 0 Å². The van der Waals surface area contributed by atoms with Gasteiger partial charge < -0.3 is 9.64 Å². The van der Waals surface area contributed by atoms with Gasteiger partial charge >= 0.3 is 6.09 Å². The summed E-state index contributed by atoms with van der Waals surface area (Å²) in [6, 6.07) is 0. The van der Waals surface area contributed by atoms with E-state index in [-0.39, 0.29) is 11.6 Å². The minimum atomic E-state index is -0.186. The lowest BCUT2D eigenvalue weighted by atomic mass is 10.0. The number of piperazine rings is 1. The Labute approximate surface area is 85.8 Å². The molecule has 0 aromatic rings. The number of hydrogen-bond donors (Lipinski definition) is 0. The largest absolute Gasteiger partial charge is 0.450 e. The fraction of sp³-hybridized carbons (Fsp3) is 0.900. The molecule has 4 nitrogen and oxygen atoms in total. The zero-order valence-corrected chi connectivity index (χ0v) is 9.54. The van der Waals surface area contributed by atoms with E-state index in [4.69, 9.17) is 4.74 Å². The van der Waals surface area contributed by atoms with Crippen molar-refractivity contribution < 1.29 is 9.53 Å². The summed E-state index contributed by atoms with van der Waals surface area (Å²) in [6.07, 6.45) is -0.186. The third-order valence-corrected chi connectivity index (χ3v) is 2.84. The maximum absolute atomic E-state index is 11.5. The van der Waals surface area contributed by atoms with Crippen LogP contribution >= 0.6 is 0 Å².